The molecule has 5 heteroatoms. The Morgan fingerprint density at radius 3 is 2.33 bits per heavy atom. The van der Waals surface area contributed by atoms with Gasteiger partial charge in [-0.25, -0.2) is 0 Å². The Kier molecular flexibility index (Phi) is 3.94. The van der Waals surface area contributed by atoms with E-state index >= 15 is 0 Å². The van der Waals surface area contributed by atoms with Gasteiger partial charge in [-0.2, -0.15) is 0 Å². The Labute approximate surface area is 90.1 Å². The van der Waals surface area contributed by atoms with Crippen LogP contribution in [0.4, 0.5) is 0 Å². The number of nitrogens with zero attached hydrogens (tertiary/aromatic N) is 1. The van der Waals surface area contributed by atoms with Gasteiger partial charge in [-0.15, -0.1) is 5.06 Å². The zero-order chi connectivity index (χ0) is 10.5. The fourth-order valence-corrected chi connectivity index (χ4v) is 2.00. The van der Waals surface area contributed by atoms with Crippen molar-refractivity contribution >= 4 is 5.97 Å². The lowest BCUT2D eigenvalue weighted by molar-refractivity contribution is -0.198. The van der Waals surface area contributed by atoms with Crippen molar-refractivity contribution in [2.24, 2.45) is 5.92 Å². The van der Waals surface area contributed by atoms with Crippen LogP contribution in [0.2, 0.25) is 0 Å². The number of piperidine rings is 1. The number of carbonyl (C=O) groups excluding carboxylic acids is 1. The predicted molar refractivity (Wildman–Crippen MR) is 56.1 cm³/mol. The van der Waals surface area contributed by atoms with Crippen LogP contribution in [0, 0.1) is 5.92 Å². The molecule has 2 aliphatic heterocycles. The molecule has 0 aromatic carbocycles. The number of hydrogen-bond donors (Lipinski definition) is 2. The Morgan fingerprint density at radius 2 is 1.67 bits per heavy atom. The van der Waals surface area contributed by atoms with Gasteiger partial charge in [0, 0.05) is 26.2 Å². The maximum Gasteiger partial charge on any atom is 0.328 e. The zero-order valence-corrected chi connectivity index (χ0v) is 9.00. The molecule has 5 nitrogen and oxygen atoms in total. The van der Waals surface area contributed by atoms with Crippen LogP contribution in [-0.2, 0) is 9.63 Å². The second kappa shape index (κ2) is 5.44. The first-order valence-corrected chi connectivity index (χ1v) is 5.74. The van der Waals surface area contributed by atoms with Gasteiger partial charge in [-0.3, -0.25) is 4.79 Å². The lowest BCUT2D eigenvalue weighted by Crippen LogP contribution is -2.45. The maximum absolute atomic E-state index is 11.8. The molecule has 0 spiro atoms. The molecule has 2 fully saturated rings. The third-order valence-corrected chi connectivity index (χ3v) is 2.97. The van der Waals surface area contributed by atoms with E-state index in [1.807, 2.05) is 0 Å². The van der Waals surface area contributed by atoms with E-state index in [-0.39, 0.29) is 11.9 Å². The fraction of sp³-hybridized carbons (Fsp3) is 0.900. The molecule has 0 bridgehead atoms. The summed E-state index contributed by atoms with van der Waals surface area (Å²) >= 11 is 0. The number of rotatable bonds is 2. The number of piperazine rings is 1. The number of hydrogen-bond acceptors (Lipinski definition) is 5. The number of hydroxylamine groups is 2. The van der Waals surface area contributed by atoms with Gasteiger partial charge in [0.25, 0.3) is 0 Å². The van der Waals surface area contributed by atoms with E-state index in [1.54, 1.807) is 5.06 Å². The second-order valence-electron chi connectivity index (χ2n) is 4.11. The van der Waals surface area contributed by atoms with Crippen LogP contribution in [0.25, 0.3) is 0 Å². The van der Waals surface area contributed by atoms with Gasteiger partial charge in [0.05, 0.1) is 5.92 Å². The normalized spacial score (nSPS) is 25.1. The monoisotopic (exact) mass is 213 g/mol. The van der Waals surface area contributed by atoms with E-state index < -0.39 is 0 Å². The average Bonchev–Trinajstić information content (AvgIpc) is 2.31. The molecule has 0 aromatic rings. The molecule has 0 unspecified atom stereocenters. The summed E-state index contributed by atoms with van der Waals surface area (Å²) in [6.45, 7) is 5.27. The molecule has 2 saturated heterocycles. The Morgan fingerprint density at radius 1 is 1.07 bits per heavy atom. The first-order chi connectivity index (χ1) is 7.36. The summed E-state index contributed by atoms with van der Waals surface area (Å²) in [4.78, 5) is 17.1. The van der Waals surface area contributed by atoms with E-state index in [2.05, 4.69) is 10.6 Å². The molecule has 0 saturated carbocycles. The summed E-state index contributed by atoms with van der Waals surface area (Å²) in [5.74, 6) is 0.0551. The van der Waals surface area contributed by atoms with Crippen molar-refractivity contribution in [1.29, 1.82) is 0 Å². The van der Waals surface area contributed by atoms with Crippen LogP contribution in [0.1, 0.15) is 12.8 Å². The van der Waals surface area contributed by atoms with Crippen molar-refractivity contribution < 1.29 is 9.63 Å². The second-order valence-corrected chi connectivity index (χ2v) is 4.11. The standard InChI is InChI=1S/C10H19N3O2/c14-10(9-1-3-11-4-2-9)15-13-7-5-12-6-8-13/h9,11-12H,1-8H2. The summed E-state index contributed by atoms with van der Waals surface area (Å²) < 4.78 is 0. The Hall–Kier alpha value is -0.650. The fourth-order valence-electron chi connectivity index (χ4n) is 2.00. The van der Waals surface area contributed by atoms with Gasteiger partial charge >= 0.3 is 5.97 Å². The molecule has 0 radical (unpaired) electrons. The van der Waals surface area contributed by atoms with Gasteiger partial charge < -0.3 is 15.5 Å². The van der Waals surface area contributed by atoms with Crippen LogP contribution in [0.15, 0.2) is 0 Å². The lowest BCUT2D eigenvalue weighted by Gasteiger charge is -2.28. The van der Waals surface area contributed by atoms with E-state index in [9.17, 15) is 4.79 Å². The average molecular weight is 213 g/mol. The first kappa shape index (κ1) is 10.9. The molecule has 2 heterocycles. The van der Waals surface area contributed by atoms with E-state index in [0.29, 0.717) is 0 Å². The van der Waals surface area contributed by atoms with Crippen LogP contribution in [-0.4, -0.2) is 50.3 Å². The summed E-state index contributed by atoms with van der Waals surface area (Å²) in [5.41, 5.74) is 0. The number of carbonyl (C=O) groups is 1. The minimum atomic E-state index is -0.0431. The molecule has 15 heavy (non-hydrogen) atoms. The SMILES string of the molecule is O=C(ON1CCNCC1)C1CCNCC1. The smallest absolute Gasteiger partial charge is 0.328 e. The van der Waals surface area contributed by atoms with Crippen LogP contribution in [0.3, 0.4) is 0 Å². The highest BCUT2D eigenvalue weighted by atomic mass is 16.7. The van der Waals surface area contributed by atoms with Crippen molar-refractivity contribution in [3.8, 4) is 0 Å². The molecular formula is C10H19N3O2. The summed E-state index contributed by atoms with van der Waals surface area (Å²) in [7, 11) is 0. The molecule has 86 valence electrons. The summed E-state index contributed by atoms with van der Waals surface area (Å²) in [5, 5.41) is 8.25. The molecule has 2 aliphatic rings. The first-order valence-electron chi connectivity index (χ1n) is 5.74. The maximum atomic E-state index is 11.8. The topological polar surface area (TPSA) is 53.6 Å². The molecule has 0 aliphatic carbocycles. The third-order valence-electron chi connectivity index (χ3n) is 2.97. The van der Waals surface area contributed by atoms with Gasteiger partial charge in [-0.1, -0.05) is 0 Å². The molecule has 0 aromatic heterocycles. The molecule has 0 amide bonds. The minimum Gasteiger partial charge on any atom is -0.368 e. The predicted octanol–water partition coefficient (Wildman–Crippen LogP) is -0.651. The minimum absolute atomic E-state index is 0.0431. The van der Waals surface area contributed by atoms with Crippen molar-refractivity contribution in [3.63, 3.8) is 0 Å². The summed E-state index contributed by atoms with van der Waals surface area (Å²) in [6, 6.07) is 0. The van der Waals surface area contributed by atoms with Crippen molar-refractivity contribution in [3.05, 3.63) is 0 Å². The van der Waals surface area contributed by atoms with E-state index in [0.717, 1.165) is 52.1 Å². The molecule has 2 rings (SSSR count). The molecule has 2 N–H and O–H groups in total. The largest absolute Gasteiger partial charge is 0.368 e. The van der Waals surface area contributed by atoms with Gasteiger partial charge in [0.1, 0.15) is 0 Å². The van der Waals surface area contributed by atoms with Crippen LogP contribution < -0.4 is 10.6 Å². The van der Waals surface area contributed by atoms with E-state index in [1.165, 1.54) is 0 Å². The highest BCUT2D eigenvalue weighted by Gasteiger charge is 2.25. The third kappa shape index (κ3) is 3.15. The highest BCUT2D eigenvalue weighted by molar-refractivity contribution is 5.72. The van der Waals surface area contributed by atoms with Gasteiger partial charge in [0.2, 0.25) is 0 Å². The van der Waals surface area contributed by atoms with Crippen molar-refractivity contribution in [2.75, 3.05) is 39.3 Å². The van der Waals surface area contributed by atoms with Crippen molar-refractivity contribution in [2.45, 2.75) is 12.8 Å². The van der Waals surface area contributed by atoms with Crippen molar-refractivity contribution in [1.82, 2.24) is 15.7 Å². The van der Waals surface area contributed by atoms with Crippen LogP contribution >= 0.6 is 0 Å². The Balaban J connectivity index is 1.74. The number of nitrogens with one attached hydrogen (secondary N) is 2. The van der Waals surface area contributed by atoms with Crippen LogP contribution in [0.5, 0.6) is 0 Å². The molecular weight excluding hydrogens is 194 g/mol. The lowest BCUT2D eigenvalue weighted by atomic mass is 9.99. The quantitative estimate of drug-likeness (QED) is 0.638. The Bertz CT molecular complexity index is 211. The zero-order valence-electron chi connectivity index (χ0n) is 9.00. The summed E-state index contributed by atoms with van der Waals surface area (Å²) in [6.07, 6.45) is 1.82. The van der Waals surface area contributed by atoms with Gasteiger partial charge in [-0.05, 0) is 25.9 Å². The molecule has 0 atom stereocenters. The van der Waals surface area contributed by atoms with Gasteiger partial charge in [0.15, 0.2) is 0 Å². The van der Waals surface area contributed by atoms with E-state index in [4.69, 9.17) is 4.84 Å². The highest BCUT2D eigenvalue weighted by Crippen LogP contribution is 2.14.